The molecule has 2 aliphatic rings. The van der Waals surface area contributed by atoms with E-state index in [9.17, 15) is 4.79 Å². The Bertz CT molecular complexity index is 234. The lowest BCUT2D eigenvalue weighted by Gasteiger charge is -2.25. The number of hydrogen-bond acceptors (Lipinski definition) is 1. The summed E-state index contributed by atoms with van der Waals surface area (Å²) < 4.78 is 0. The summed E-state index contributed by atoms with van der Waals surface area (Å²) in [4.78, 5) is 10.6. The maximum absolute atomic E-state index is 11.2. The molecule has 0 aromatic rings. The predicted molar refractivity (Wildman–Crippen MR) is 44.6 cm³/mol. The van der Waals surface area contributed by atoms with Crippen molar-refractivity contribution in [1.29, 1.82) is 0 Å². The van der Waals surface area contributed by atoms with E-state index in [4.69, 9.17) is 11.6 Å². The second-order valence-electron chi connectivity index (χ2n) is 3.61. The van der Waals surface area contributed by atoms with Crippen LogP contribution < -0.4 is 0 Å². The van der Waals surface area contributed by atoms with Crippen LogP contribution in [0, 0.1) is 11.8 Å². The SMILES string of the molecule is CC(=O)[C@]1(Cl)C[C@@H]2C=C[C@H]1C2. The summed E-state index contributed by atoms with van der Waals surface area (Å²) in [7, 11) is 0. The molecule has 0 spiro atoms. The van der Waals surface area contributed by atoms with E-state index >= 15 is 0 Å². The number of carbonyl (C=O) groups is 1. The Morgan fingerprint density at radius 1 is 1.64 bits per heavy atom. The van der Waals surface area contributed by atoms with Gasteiger partial charge in [-0.3, -0.25) is 4.79 Å². The third kappa shape index (κ3) is 0.871. The number of alkyl halides is 1. The molecule has 3 atom stereocenters. The highest BCUT2D eigenvalue weighted by Crippen LogP contribution is 2.50. The first kappa shape index (κ1) is 7.35. The molecule has 0 heterocycles. The van der Waals surface area contributed by atoms with Gasteiger partial charge in [0.1, 0.15) is 4.87 Å². The Kier molecular flexibility index (Phi) is 1.40. The van der Waals surface area contributed by atoms with Crippen LogP contribution in [-0.4, -0.2) is 10.7 Å². The van der Waals surface area contributed by atoms with Gasteiger partial charge in [0, 0.05) is 5.92 Å². The van der Waals surface area contributed by atoms with E-state index in [1.165, 1.54) is 0 Å². The molecule has 2 rings (SSSR count). The third-order valence-corrected chi connectivity index (χ3v) is 3.61. The standard InChI is InChI=1S/C9H11ClO/c1-6(11)9(10)5-7-2-3-8(9)4-7/h2-3,7-8H,4-5H2,1H3/t7-,8+,9-/m1/s1. The highest BCUT2D eigenvalue weighted by atomic mass is 35.5. The normalized spacial score (nSPS) is 46.7. The molecule has 0 radical (unpaired) electrons. The second-order valence-corrected chi connectivity index (χ2v) is 4.28. The molecule has 2 bridgehead atoms. The third-order valence-electron chi connectivity index (χ3n) is 2.90. The number of fused-ring (bicyclic) bond motifs is 2. The van der Waals surface area contributed by atoms with E-state index in [-0.39, 0.29) is 5.78 Å². The summed E-state index contributed by atoms with van der Waals surface area (Å²) in [5, 5.41) is 0. The lowest BCUT2D eigenvalue weighted by molar-refractivity contribution is -0.120. The van der Waals surface area contributed by atoms with Gasteiger partial charge in [-0.2, -0.15) is 0 Å². The van der Waals surface area contributed by atoms with Gasteiger partial charge >= 0.3 is 0 Å². The molecule has 2 aliphatic carbocycles. The fourth-order valence-electron chi connectivity index (χ4n) is 2.20. The van der Waals surface area contributed by atoms with Crippen LogP contribution in [0.3, 0.4) is 0 Å². The number of rotatable bonds is 1. The van der Waals surface area contributed by atoms with Gasteiger partial charge in [0.05, 0.1) is 0 Å². The highest BCUT2D eigenvalue weighted by molar-refractivity contribution is 6.35. The lowest BCUT2D eigenvalue weighted by atomic mass is 9.89. The highest BCUT2D eigenvalue weighted by Gasteiger charge is 2.50. The fraction of sp³-hybridized carbons (Fsp3) is 0.667. The van der Waals surface area contributed by atoms with Crippen molar-refractivity contribution in [1.82, 2.24) is 0 Å². The maximum Gasteiger partial charge on any atom is 0.151 e. The van der Waals surface area contributed by atoms with Crippen LogP contribution in [0.25, 0.3) is 0 Å². The predicted octanol–water partition coefficient (Wildman–Crippen LogP) is 2.15. The zero-order valence-electron chi connectivity index (χ0n) is 6.51. The fourth-order valence-corrected chi connectivity index (χ4v) is 2.56. The molecule has 0 aliphatic heterocycles. The van der Waals surface area contributed by atoms with E-state index in [0.717, 1.165) is 12.8 Å². The minimum absolute atomic E-state index is 0.135. The Hall–Kier alpha value is -0.300. The van der Waals surface area contributed by atoms with Crippen molar-refractivity contribution in [3.63, 3.8) is 0 Å². The van der Waals surface area contributed by atoms with E-state index in [2.05, 4.69) is 12.2 Å². The molecule has 0 aromatic carbocycles. The second kappa shape index (κ2) is 2.10. The van der Waals surface area contributed by atoms with E-state index in [0.29, 0.717) is 11.8 Å². The van der Waals surface area contributed by atoms with Crippen LogP contribution in [0.5, 0.6) is 0 Å². The molecule has 11 heavy (non-hydrogen) atoms. The summed E-state index contributed by atoms with van der Waals surface area (Å²) in [6.45, 7) is 1.60. The minimum Gasteiger partial charge on any atom is -0.298 e. The van der Waals surface area contributed by atoms with Gasteiger partial charge in [-0.15, -0.1) is 11.6 Å². The first-order valence-electron chi connectivity index (χ1n) is 4.01. The molecule has 0 saturated heterocycles. The molecule has 0 amide bonds. The lowest BCUT2D eigenvalue weighted by Crippen LogP contribution is -2.34. The van der Waals surface area contributed by atoms with Crippen molar-refractivity contribution in [3.8, 4) is 0 Å². The largest absolute Gasteiger partial charge is 0.298 e. The zero-order valence-corrected chi connectivity index (χ0v) is 7.27. The molecule has 60 valence electrons. The molecule has 1 nitrogen and oxygen atoms in total. The summed E-state index contributed by atoms with van der Waals surface area (Å²) in [6.07, 6.45) is 6.23. The Morgan fingerprint density at radius 3 is 2.64 bits per heavy atom. The average Bonchev–Trinajstić information content (AvgIpc) is 2.45. The van der Waals surface area contributed by atoms with Crippen LogP contribution in [0.1, 0.15) is 19.8 Å². The summed E-state index contributed by atoms with van der Waals surface area (Å²) >= 11 is 6.20. The van der Waals surface area contributed by atoms with E-state index in [1.54, 1.807) is 6.92 Å². The van der Waals surface area contributed by atoms with Gasteiger partial charge in [-0.25, -0.2) is 0 Å². The van der Waals surface area contributed by atoms with Crippen molar-refractivity contribution in [2.24, 2.45) is 11.8 Å². The molecule has 0 N–H and O–H groups in total. The van der Waals surface area contributed by atoms with Crippen molar-refractivity contribution >= 4 is 17.4 Å². The number of carbonyl (C=O) groups excluding carboxylic acids is 1. The monoisotopic (exact) mass is 170 g/mol. The summed E-state index contributed by atoms with van der Waals surface area (Å²) in [6, 6.07) is 0. The van der Waals surface area contributed by atoms with Crippen molar-refractivity contribution in [2.75, 3.05) is 0 Å². The Labute approximate surface area is 71.4 Å². The quantitative estimate of drug-likeness (QED) is 0.436. The zero-order chi connectivity index (χ0) is 8.06. The minimum atomic E-state index is -0.542. The summed E-state index contributed by atoms with van der Waals surface area (Å²) in [5.41, 5.74) is 0. The van der Waals surface area contributed by atoms with Gasteiger partial charge in [-0.05, 0) is 25.7 Å². The molecule has 0 aromatic heterocycles. The van der Waals surface area contributed by atoms with Crippen molar-refractivity contribution < 1.29 is 4.79 Å². The van der Waals surface area contributed by atoms with Gasteiger partial charge in [0.2, 0.25) is 0 Å². The number of Topliss-reactive ketones (excluding diaryl/α,β-unsaturated/α-hetero) is 1. The van der Waals surface area contributed by atoms with Gasteiger partial charge in [-0.1, -0.05) is 12.2 Å². The first-order valence-corrected chi connectivity index (χ1v) is 4.39. The van der Waals surface area contributed by atoms with Crippen LogP contribution in [-0.2, 0) is 4.79 Å². The van der Waals surface area contributed by atoms with Crippen LogP contribution in [0.2, 0.25) is 0 Å². The number of ketones is 1. The Balaban J connectivity index is 2.30. The number of allylic oxidation sites excluding steroid dienone is 2. The van der Waals surface area contributed by atoms with Crippen LogP contribution >= 0.6 is 11.6 Å². The van der Waals surface area contributed by atoms with E-state index < -0.39 is 4.87 Å². The average molecular weight is 171 g/mol. The topological polar surface area (TPSA) is 17.1 Å². The number of hydrogen-bond donors (Lipinski definition) is 0. The molecule has 0 unspecified atom stereocenters. The van der Waals surface area contributed by atoms with Gasteiger partial charge in [0.25, 0.3) is 0 Å². The van der Waals surface area contributed by atoms with Gasteiger partial charge in [0.15, 0.2) is 5.78 Å². The van der Waals surface area contributed by atoms with Crippen LogP contribution in [0.4, 0.5) is 0 Å². The molecular weight excluding hydrogens is 160 g/mol. The number of halogens is 1. The van der Waals surface area contributed by atoms with Crippen LogP contribution in [0.15, 0.2) is 12.2 Å². The van der Waals surface area contributed by atoms with Crippen molar-refractivity contribution in [3.05, 3.63) is 12.2 Å². The maximum atomic E-state index is 11.2. The summed E-state index contributed by atoms with van der Waals surface area (Å²) in [5.74, 6) is 1.02. The van der Waals surface area contributed by atoms with E-state index in [1.807, 2.05) is 0 Å². The van der Waals surface area contributed by atoms with Gasteiger partial charge < -0.3 is 0 Å². The Morgan fingerprint density at radius 2 is 2.36 bits per heavy atom. The molecule has 1 saturated carbocycles. The smallest absolute Gasteiger partial charge is 0.151 e. The molecule has 2 heteroatoms. The van der Waals surface area contributed by atoms with Crippen molar-refractivity contribution in [2.45, 2.75) is 24.6 Å². The molecule has 1 fully saturated rings. The molecular formula is C9H11ClO. The first-order chi connectivity index (χ1) is 5.13.